The summed E-state index contributed by atoms with van der Waals surface area (Å²) in [4.78, 5) is 0. The number of rotatable bonds is 9. The quantitative estimate of drug-likeness (QED) is 0.670. The Bertz CT molecular complexity index is 459. The molecule has 124 valence electrons. The van der Waals surface area contributed by atoms with E-state index < -0.39 is 11.7 Å². The fraction of sp³-hybridized carbons (Fsp3) is 0.579. The summed E-state index contributed by atoms with van der Waals surface area (Å²) in [5, 5.41) is 20.3. The Morgan fingerprint density at radius 2 is 1.77 bits per heavy atom. The van der Waals surface area contributed by atoms with Crippen molar-refractivity contribution in [3.63, 3.8) is 0 Å². The zero-order valence-electron chi connectivity index (χ0n) is 14.3. The Morgan fingerprint density at radius 1 is 1.18 bits per heavy atom. The van der Waals surface area contributed by atoms with E-state index in [0.29, 0.717) is 6.42 Å². The average molecular weight is 306 g/mol. The maximum absolute atomic E-state index is 10.5. The first kappa shape index (κ1) is 18.7. The van der Waals surface area contributed by atoms with E-state index in [4.69, 9.17) is 4.74 Å². The number of hydrogen-bond donors (Lipinski definition) is 2. The van der Waals surface area contributed by atoms with Gasteiger partial charge in [-0.05, 0) is 62.6 Å². The van der Waals surface area contributed by atoms with Gasteiger partial charge in [-0.1, -0.05) is 25.1 Å². The highest BCUT2D eigenvalue weighted by molar-refractivity contribution is 5.28. The predicted molar refractivity (Wildman–Crippen MR) is 91.0 cm³/mol. The summed E-state index contributed by atoms with van der Waals surface area (Å²) in [6, 6.07) is 7.50. The lowest BCUT2D eigenvalue weighted by Gasteiger charge is -2.30. The lowest BCUT2D eigenvalue weighted by atomic mass is 9.78. The van der Waals surface area contributed by atoms with Gasteiger partial charge in [-0.15, -0.1) is 6.58 Å². The second kappa shape index (κ2) is 7.80. The molecule has 22 heavy (non-hydrogen) atoms. The van der Waals surface area contributed by atoms with Crippen molar-refractivity contribution in [1.82, 2.24) is 0 Å². The lowest BCUT2D eigenvalue weighted by Crippen LogP contribution is -2.21. The molecule has 2 atom stereocenters. The van der Waals surface area contributed by atoms with Crippen LogP contribution in [-0.2, 0) is 0 Å². The van der Waals surface area contributed by atoms with Gasteiger partial charge in [-0.3, -0.25) is 0 Å². The van der Waals surface area contributed by atoms with Crippen molar-refractivity contribution in [3.05, 3.63) is 42.5 Å². The zero-order chi connectivity index (χ0) is 16.8. The molecular weight excluding hydrogens is 276 g/mol. The van der Waals surface area contributed by atoms with Crippen molar-refractivity contribution in [2.24, 2.45) is 5.41 Å². The molecule has 1 aromatic carbocycles. The van der Waals surface area contributed by atoms with Crippen molar-refractivity contribution in [2.45, 2.75) is 58.2 Å². The van der Waals surface area contributed by atoms with Gasteiger partial charge in [0.15, 0.2) is 0 Å². The number of aliphatic hydroxyl groups is 2. The zero-order valence-corrected chi connectivity index (χ0v) is 14.3. The number of aliphatic hydroxyl groups excluding tert-OH is 1. The molecule has 0 aliphatic rings. The van der Waals surface area contributed by atoms with Gasteiger partial charge < -0.3 is 14.9 Å². The molecule has 0 aliphatic carbocycles. The van der Waals surface area contributed by atoms with Gasteiger partial charge in [0.05, 0.1) is 18.8 Å². The number of allylic oxidation sites excluding steroid dienone is 1. The van der Waals surface area contributed by atoms with Gasteiger partial charge in [-0.25, -0.2) is 0 Å². The summed E-state index contributed by atoms with van der Waals surface area (Å²) in [5.41, 5.74) is 0.0951. The number of benzene rings is 1. The van der Waals surface area contributed by atoms with Gasteiger partial charge in [0.1, 0.15) is 5.75 Å². The second-order valence-electron chi connectivity index (χ2n) is 7.02. The molecule has 0 fully saturated rings. The summed E-state index contributed by atoms with van der Waals surface area (Å²) < 4.78 is 5.13. The van der Waals surface area contributed by atoms with Crippen LogP contribution in [-0.4, -0.2) is 22.9 Å². The molecule has 1 rings (SSSR count). The number of ether oxygens (including phenoxy) is 1. The first-order valence-electron chi connectivity index (χ1n) is 7.87. The normalized spacial score (nSPS) is 15.9. The van der Waals surface area contributed by atoms with Crippen LogP contribution in [0.15, 0.2) is 36.9 Å². The molecule has 0 amide bonds. The highest BCUT2D eigenvalue weighted by Gasteiger charge is 2.26. The largest absolute Gasteiger partial charge is 0.497 e. The van der Waals surface area contributed by atoms with Gasteiger partial charge in [0.2, 0.25) is 0 Å². The van der Waals surface area contributed by atoms with Gasteiger partial charge in [-0.2, -0.15) is 0 Å². The predicted octanol–water partition coefficient (Wildman–Crippen LogP) is 4.25. The molecule has 3 nitrogen and oxygen atoms in total. The third-order valence-corrected chi connectivity index (χ3v) is 4.19. The van der Waals surface area contributed by atoms with Crippen LogP contribution in [0.25, 0.3) is 0 Å². The van der Waals surface area contributed by atoms with Crippen LogP contribution in [0.5, 0.6) is 5.75 Å². The highest BCUT2D eigenvalue weighted by atomic mass is 16.5. The van der Waals surface area contributed by atoms with Crippen molar-refractivity contribution < 1.29 is 14.9 Å². The lowest BCUT2D eigenvalue weighted by molar-refractivity contribution is 0.0623. The molecule has 2 N–H and O–H groups in total. The van der Waals surface area contributed by atoms with Crippen LogP contribution in [0.4, 0.5) is 0 Å². The van der Waals surface area contributed by atoms with Crippen molar-refractivity contribution >= 4 is 0 Å². The minimum atomic E-state index is -0.642. The third-order valence-electron chi connectivity index (χ3n) is 4.19. The fourth-order valence-corrected chi connectivity index (χ4v) is 2.60. The Labute approximate surface area is 134 Å². The first-order chi connectivity index (χ1) is 10.2. The molecule has 0 spiro atoms. The molecule has 0 unspecified atom stereocenters. The minimum Gasteiger partial charge on any atom is -0.497 e. The highest BCUT2D eigenvalue weighted by Crippen LogP contribution is 2.36. The van der Waals surface area contributed by atoms with Crippen LogP contribution >= 0.6 is 0 Å². The molecule has 0 aromatic heterocycles. The summed E-state index contributed by atoms with van der Waals surface area (Å²) in [6.07, 6.45) is 4.55. The fourth-order valence-electron chi connectivity index (χ4n) is 2.60. The Hall–Kier alpha value is -1.32. The van der Waals surface area contributed by atoms with Crippen LogP contribution < -0.4 is 4.74 Å². The minimum absolute atomic E-state index is 0.148. The Kier molecular flexibility index (Phi) is 6.64. The van der Waals surface area contributed by atoms with Crippen LogP contribution in [0.1, 0.15) is 58.1 Å². The maximum Gasteiger partial charge on any atom is 0.118 e. The second-order valence-corrected chi connectivity index (χ2v) is 7.02. The number of hydrogen-bond acceptors (Lipinski definition) is 3. The molecule has 0 saturated carbocycles. The van der Waals surface area contributed by atoms with E-state index in [1.165, 1.54) is 0 Å². The van der Waals surface area contributed by atoms with Crippen molar-refractivity contribution in [3.8, 4) is 5.75 Å². The summed E-state index contributed by atoms with van der Waals surface area (Å²) in [5.74, 6) is 0.785. The van der Waals surface area contributed by atoms with Crippen LogP contribution in [0.2, 0.25) is 0 Å². The third kappa shape index (κ3) is 6.20. The molecule has 3 heteroatoms. The summed E-state index contributed by atoms with van der Waals surface area (Å²) in [7, 11) is 1.63. The summed E-state index contributed by atoms with van der Waals surface area (Å²) >= 11 is 0. The molecule has 1 aromatic rings. The van der Waals surface area contributed by atoms with Crippen LogP contribution in [0.3, 0.4) is 0 Å². The molecular formula is C19H30O3. The summed E-state index contributed by atoms with van der Waals surface area (Å²) in [6.45, 7) is 9.68. The SMILES string of the molecule is C=C[C@@](C)(CCCC(C)(C)O)C[C@@H](O)c1ccc(OC)cc1. The van der Waals surface area contributed by atoms with E-state index >= 15 is 0 Å². The van der Waals surface area contributed by atoms with E-state index in [1.807, 2.05) is 44.2 Å². The molecule has 0 bridgehead atoms. The first-order valence-corrected chi connectivity index (χ1v) is 7.87. The topological polar surface area (TPSA) is 49.7 Å². The van der Waals surface area contributed by atoms with Gasteiger partial charge in [0, 0.05) is 0 Å². The van der Waals surface area contributed by atoms with E-state index in [0.717, 1.165) is 30.6 Å². The molecule has 0 radical (unpaired) electrons. The molecule has 0 heterocycles. The van der Waals surface area contributed by atoms with Crippen molar-refractivity contribution in [2.75, 3.05) is 7.11 Å². The van der Waals surface area contributed by atoms with E-state index in [1.54, 1.807) is 7.11 Å². The van der Waals surface area contributed by atoms with Crippen molar-refractivity contribution in [1.29, 1.82) is 0 Å². The van der Waals surface area contributed by atoms with Gasteiger partial charge >= 0.3 is 0 Å². The van der Waals surface area contributed by atoms with E-state index in [2.05, 4.69) is 13.5 Å². The standard InChI is InChI=1S/C19H30O3/c1-6-19(4,13-7-12-18(2,3)21)14-17(20)15-8-10-16(22-5)11-9-15/h6,8-11,17,20-21H,1,7,12-14H2,2-5H3/t17-,19+/m1/s1. The number of methoxy groups -OCH3 is 1. The smallest absolute Gasteiger partial charge is 0.118 e. The van der Waals surface area contributed by atoms with E-state index in [-0.39, 0.29) is 5.41 Å². The van der Waals surface area contributed by atoms with Crippen LogP contribution in [0, 0.1) is 5.41 Å². The Morgan fingerprint density at radius 3 is 2.23 bits per heavy atom. The molecule has 0 saturated heterocycles. The Balaban J connectivity index is 2.64. The average Bonchev–Trinajstić information content (AvgIpc) is 2.46. The maximum atomic E-state index is 10.5. The monoisotopic (exact) mass is 306 g/mol. The van der Waals surface area contributed by atoms with E-state index in [9.17, 15) is 10.2 Å². The molecule has 0 aliphatic heterocycles. The van der Waals surface area contributed by atoms with Gasteiger partial charge in [0.25, 0.3) is 0 Å².